The fourth-order valence-corrected chi connectivity index (χ4v) is 2.80. The quantitative estimate of drug-likeness (QED) is 0.922. The lowest BCUT2D eigenvalue weighted by molar-refractivity contribution is 0.0178. The lowest BCUT2D eigenvalue weighted by Crippen LogP contribution is -2.41. The normalized spacial score (nSPS) is 17.1. The molecule has 1 unspecified atom stereocenters. The molecule has 2 aromatic carbocycles. The smallest absolute Gasteiger partial charge is 0.127 e. The second kappa shape index (κ2) is 7.40. The highest BCUT2D eigenvalue weighted by Gasteiger charge is 2.21. The van der Waals surface area contributed by atoms with Crippen molar-refractivity contribution in [2.75, 3.05) is 32.8 Å². The first-order valence-corrected chi connectivity index (χ1v) is 7.71. The molecule has 2 N–H and O–H groups in total. The van der Waals surface area contributed by atoms with Crippen LogP contribution in [0.2, 0.25) is 0 Å². The Morgan fingerprint density at radius 3 is 2.45 bits per heavy atom. The zero-order chi connectivity index (χ0) is 15.2. The lowest BCUT2D eigenvalue weighted by Gasteiger charge is -2.34. The molecule has 0 spiro atoms. The molecule has 4 nitrogen and oxygen atoms in total. The number of hydrogen-bond acceptors (Lipinski definition) is 4. The molecular formula is C18H22N2O2. The predicted molar refractivity (Wildman–Crippen MR) is 87.1 cm³/mol. The van der Waals surface area contributed by atoms with Crippen LogP contribution in [0.4, 0.5) is 0 Å². The van der Waals surface area contributed by atoms with E-state index in [1.807, 2.05) is 42.5 Å². The molecule has 1 saturated heterocycles. The second-order valence-electron chi connectivity index (χ2n) is 5.39. The number of morpholine rings is 1. The van der Waals surface area contributed by atoms with Crippen LogP contribution >= 0.6 is 0 Å². The maximum Gasteiger partial charge on any atom is 0.127 e. The molecule has 0 aliphatic carbocycles. The monoisotopic (exact) mass is 298 g/mol. The Morgan fingerprint density at radius 1 is 1.00 bits per heavy atom. The van der Waals surface area contributed by atoms with Gasteiger partial charge in [-0.1, -0.05) is 30.3 Å². The zero-order valence-electron chi connectivity index (χ0n) is 12.7. The average Bonchev–Trinajstić information content (AvgIpc) is 2.58. The van der Waals surface area contributed by atoms with Crippen LogP contribution in [0.25, 0.3) is 0 Å². The van der Waals surface area contributed by atoms with Crippen molar-refractivity contribution in [3.8, 4) is 11.5 Å². The predicted octanol–water partition coefficient (Wildman–Crippen LogP) is 2.81. The largest absolute Gasteiger partial charge is 0.457 e. The van der Waals surface area contributed by atoms with Gasteiger partial charge in [0.05, 0.1) is 13.2 Å². The molecule has 0 amide bonds. The second-order valence-corrected chi connectivity index (χ2v) is 5.39. The summed E-state index contributed by atoms with van der Waals surface area (Å²) in [6.07, 6.45) is 0. The van der Waals surface area contributed by atoms with E-state index in [0.29, 0.717) is 6.54 Å². The Balaban J connectivity index is 1.77. The highest BCUT2D eigenvalue weighted by molar-refractivity contribution is 5.35. The molecule has 116 valence electrons. The van der Waals surface area contributed by atoms with Crippen LogP contribution < -0.4 is 10.5 Å². The maximum absolute atomic E-state index is 6.01. The highest BCUT2D eigenvalue weighted by atomic mass is 16.5. The Hall–Kier alpha value is -1.88. The van der Waals surface area contributed by atoms with E-state index < -0.39 is 0 Å². The van der Waals surface area contributed by atoms with E-state index >= 15 is 0 Å². The van der Waals surface area contributed by atoms with Crippen molar-refractivity contribution in [2.24, 2.45) is 5.73 Å². The fraction of sp³-hybridized carbons (Fsp3) is 0.333. The minimum absolute atomic E-state index is 0.211. The van der Waals surface area contributed by atoms with Crippen LogP contribution in [-0.2, 0) is 4.74 Å². The molecule has 3 rings (SSSR count). The summed E-state index contributed by atoms with van der Waals surface area (Å²) in [5, 5.41) is 0. The van der Waals surface area contributed by atoms with Crippen LogP contribution in [-0.4, -0.2) is 37.7 Å². The van der Waals surface area contributed by atoms with Crippen molar-refractivity contribution in [3.63, 3.8) is 0 Å². The Kier molecular flexibility index (Phi) is 5.06. The number of benzene rings is 2. The molecule has 0 saturated carbocycles. The van der Waals surface area contributed by atoms with Gasteiger partial charge in [0.1, 0.15) is 11.5 Å². The zero-order valence-corrected chi connectivity index (χ0v) is 12.7. The number of rotatable bonds is 5. The van der Waals surface area contributed by atoms with Gasteiger partial charge < -0.3 is 15.2 Å². The van der Waals surface area contributed by atoms with E-state index in [0.717, 1.165) is 37.8 Å². The minimum Gasteiger partial charge on any atom is -0.457 e. The van der Waals surface area contributed by atoms with Crippen LogP contribution in [0.5, 0.6) is 11.5 Å². The molecule has 1 heterocycles. The Labute approximate surface area is 131 Å². The van der Waals surface area contributed by atoms with Crippen molar-refractivity contribution in [3.05, 3.63) is 60.2 Å². The molecule has 2 aromatic rings. The van der Waals surface area contributed by atoms with Gasteiger partial charge in [0.25, 0.3) is 0 Å². The van der Waals surface area contributed by atoms with Gasteiger partial charge >= 0.3 is 0 Å². The standard InChI is InChI=1S/C18H22N2O2/c19-14-18(20-9-11-21-12-10-20)15-5-4-8-17(13-15)22-16-6-2-1-3-7-16/h1-8,13,18H,9-12,14,19H2. The summed E-state index contributed by atoms with van der Waals surface area (Å²) in [4.78, 5) is 2.38. The average molecular weight is 298 g/mol. The molecule has 22 heavy (non-hydrogen) atoms. The van der Waals surface area contributed by atoms with Gasteiger partial charge in [-0.25, -0.2) is 0 Å². The van der Waals surface area contributed by atoms with Crippen molar-refractivity contribution in [2.45, 2.75) is 6.04 Å². The minimum atomic E-state index is 0.211. The number of para-hydroxylation sites is 1. The van der Waals surface area contributed by atoms with Crippen molar-refractivity contribution < 1.29 is 9.47 Å². The number of nitrogens with zero attached hydrogens (tertiary/aromatic N) is 1. The van der Waals surface area contributed by atoms with Gasteiger partial charge in [-0.2, -0.15) is 0 Å². The van der Waals surface area contributed by atoms with E-state index in [1.165, 1.54) is 5.56 Å². The van der Waals surface area contributed by atoms with Gasteiger partial charge in [-0.3, -0.25) is 4.90 Å². The Bertz CT molecular complexity index is 583. The summed E-state index contributed by atoms with van der Waals surface area (Å²) < 4.78 is 11.3. The van der Waals surface area contributed by atoms with Gasteiger partial charge in [0.15, 0.2) is 0 Å². The van der Waals surface area contributed by atoms with E-state index in [4.69, 9.17) is 15.2 Å². The summed E-state index contributed by atoms with van der Waals surface area (Å²) >= 11 is 0. The maximum atomic E-state index is 6.01. The summed E-state index contributed by atoms with van der Waals surface area (Å²) in [7, 11) is 0. The number of ether oxygens (including phenoxy) is 2. The SMILES string of the molecule is NCC(c1cccc(Oc2ccccc2)c1)N1CCOCC1. The lowest BCUT2D eigenvalue weighted by atomic mass is 10.0. The first-order chi connectivity index (χ1) is 10.9. The number of hydrogen-bond donors (Lipinski definition) is 1. The molecule has 0 radical (unpaired) electrons. The van der Waals surface area contributed by atoms with E-state index in [1.54, 1.807) is 0 Å². The molecule has 1 atom stereocenters. The van der Waals surface area contributed by atoms with Crippen LogP contribution in [0, 0.1) is 0 Å². The van der Waals surface area contributed by atoms with Gasteiger partial charge in [0.2, 0.25) is 0 Å². The van der Waals surface area contributed by atoms with Crippen molar-refractivity contribution in [1.29, 1.82) is 0 Å². The summed E-state index contributed by atoms with van der Waals surface area (Å²) in [6, 6.07) is 18.2. The third-order valence-corrected chi connectivity index (χ3v) is 3.93. The Morgan fingerprint density at radius 2 is 1.73 bits per heavy atom. The van der Waals surface area contributed by atoms with Gasteiger partial charge in [0, 0.05) is 25.7 Å². The topological polar surface area (TPSA) is 47.7 Å². The summed E-state index contributed by atoms with van der Waals surface area (Å²) in [5.74, 6) is 1.69. The summed E-state index contributed by atoms with van der Waals surface area (Å²) in [5.41, 5.74) is 7.21. The molecular weight excluding hydrogens is 276 g/mol. The first kappa shape index (κ1) is 15.0. The first-order valence-electron chi connectivity index (χ1n) is 7.71. The molecule has 1 fully saturated rings. The van der Waals surface area contributed by atoms with Gasteiger partial charge in [-0.05, 0) is 29.8 Å². The van der Waals surface area contributed by atoms with E-state index in [-0.39, 0.29) is 6.04 Å². The number of nitrogens with two attached hydrogens (primary N) is 1. The summed E-state index contributed by atoms with van der Waals surface area (Å²) in [6.45, 7) is 3.99. The van der Waals surface area contributed by atoms with Crippen LogP contribution in [0.1, 0.15) is 11.6 Å². The van der Waals surface area contributed by atoms with Crippen molar-refractivity contribution >= 4 is 0 Å². The third kappa shape index (κ3) is 3.65. The van der Waals surface area contributed by atoms with E-state index in [9.17, 15) is 0 Å². The van der Waals surface area contributed by atoms with E-state index in [2.05, 4.69) is 17.0 Å². The van der Waals surface area contributed by atoms with Gasteiger partial charge in [-0.15, -0.1) is 0 Å². The molecule has 0 aromatic heterocycles. The molecule has 0 bridgehead atoms. The molecule has 1 aliphatic rings. The molecule has 1 aliphatic heterocycles. The van der Waals surface area contributed by atoms with Crippen molar-refractivity contribution in [1.82, 2.24) is 4.90 Å². The van der Waals surface area contributed by atoms with Crippen LogP contribution in [0.3, 0.4) is 0 Å². The highest BCUT2D eigenvalue weighted by Crippen LogP contribution is 2.27. The third-order valence-electron chi connectivity index (χ3n) is 3.93. The van der Waals surface area contributed by atoms with Crippen LogP contribution in [0.15, 0.2) is 54.6 Å². The molecule has 4 heteroatoms. The fourth-order valence-electron chi connectivity index (χ4n) is 2.80.